The number of fused-ring (bicyclic) bond motifs is 2. The minimum Gasteiger partial charge on any atom is -0.352 e. The highest BCUT2D eigenvalue weighted by Gasteiger charge is 2.41. The fourth-order valence-corrected chi connectivity index (χ4v) is 8.75. The predicted octanol–water partition coefficient (Wildman–Crippen LogP) is 3.79. The van der Waals surface area contributed by atoms with Crippen LogP contribution in [0.5, 0.6) is 0 Å². The average molecular weight is 826 g/mol. The van der Waals surface area contributed by atoms with Gasteiger partial charge in [-0.2, -0.15) is 0 Å². The van der Waals surface area contributed by atoms with Gasteiger partial charge < -0.3 is 40.6 Å². The van der Waals surface area contributed by atoms with E-state index >= 15 is 4.39 Å². The van der Waals surface area contributed by atoms with Crippen molar-refractivity contribution in [2.24, 2.45) is 0 Å². The molecule has 5 N–H and O–H groups in total. The van der Waals surface area contributed by atoms with Crippen LogP contribution >= 0.6 is 9.24 Å². The molecule has 2 aromatic carbocycles. The Hall–Kier alpha value is -4.53. The third kappa shape index (κ3) is 8.89. The van der Waals surface area contributed by atoms with Gasteiger partial charge in [-0.05, 0) is 95.2 Å². The topological polar surface area (TPSA) is 156 Å². The van der Waals surface area contributed by atoms with Gasteiger partial charge in [0.1, 0.15) is 29.9 Å². The van der Waals surface area contributed by atoms with E-state index in [-0.39, 0.29) is 61.3 Å². The van der Waals surface area contributed by atoms with E-state index in [1.54, 1.807) is 51.9 Å². The molecule has 4 amide bonds. The standard InChI is InChI=1S/C41H55F3N9O4P/c1-7-31(49-38(54)21(3)45-5)40(56)51-18-25(44)13-26(51)17-30-29-11-9-23(42)14-33(29)47-36(30)37-48-34-15-24(43)10-12-35(34)53(37)19-27-16-28(58)20-52(27)41(57)32(8-2)50-39(55)22(4)46-6/h9-12,14-15,21-22,25-28,31-32,45-47H,7-8,13,16-20,58H2,1-6H3,(H,49,54)(H,50,55). The second-order valence-electron chi connectivity index (χ2n) is 15.6. The highest BCUT2D eigenvalue weighted by atomic mass is 31.0. The molecule has 17 heteroatoms. The Kier molecular flexibility index (Phi) is 13.5. The molecule has 0 bridgehead atoms. The monoisotopic (exact) mass is 825 g/mol. The van der Waals surface area contributed by atoms with Crippen molar-refractivity contribution in [2.75, 3.05) is 27.2 Å². The minimum atomic E-state index is -1.30. The van der Waals surface area contributed by atoms with Gasteiger partial charge in [0.15, 0.2) is 5.82 Å². The van der Waals surface area contributed by atoms with Crippen LogP contribution in [0.2, 0.25) is 0 Å². The van der Waals surface area contributed by atoms with Crippen molar-refractivity contribution in [1.29, 1.82) is 0 Å². The summed E-state index contributed by atoms with van der Waals surface area (Å²) in [5, 5.41) is 12.1. The molecule has 0 radical (unpaired) electrons. The number of aromatic amines is 1. The number of aromatic nitrogens is 3. The van der Waals surface area contributed by atoms with Gasteiger partial charge in [-0.3, -0.25) is 19.2 Å². The molecular formula is C41H55F3N9O4P. The number of benzene rings is 2. The number of likely N-dealkylation sites (N-methyl/N-ethyl adjacent to an activating group) is 2. The summed E-state index contributed by atoms with van der Waals surface area (Å²) in [6.45, 7) is 7.59. The van der Waals surface area contributed by atoms with E-state index in [1.807, 2.05) is 11.5 Å². The quantitative estimate of drug-likeness (QED) is 0.114. The first-order valence-corrected chi connectivity index (χ1v) is 20.8. The number of alkyl halides is 1. The highest BCUT2D eigenvalue weighted by Crippen LogP contribution is 2.37. The third-order valence-corrected chi connectivity index (χ3v) is 12.2. The molecule has 314 valence electrons. The van der Waals surface area contributed by atoms with Crippen molar-refractivity contribution in [3.63, 3.8) is 0 Å². The summed E-state index contributed by atoms with van der Waals surface area (Å²) in [6.07, 6.45) is 0.234. The molecule has 2 fully saturated rings. The summed E-state index contributed by atoms with van der Waals surface area (Å²) in [5.41, 5.74) is 2.66. The van der Waals surface area contributed by atoms with Crippen LogP contribution in [0.3, 0.4) is 0 Å². The third-order valence-electron chi connectivity index (χ3n) is 11.7. The predicted molar refractivity (Wildman–Crippen MR) is 221 cm³/mol. The molecule has 13 nitrogen and oxygen atoms in total. The number of amides is 4. The van der Waals surface area contributed by atoms with Gasteiger partial charge in [-0.25, -0.2) is 18.2 Å². The summed E-state index contributed by atoms with van der Waals surface area (Å²) < 4.78 is 46.9. The van der Waals surface area contributed by atoms with E-state index in [2.05, 4.69) is 35.5 Å². The molecular weight excluding hydrogens is 770 g/mol. The Balaban J connectivity index is 1.40. The lowest BCUT2D eigenvalue weighted by Crippen LogP contribution is -2.53. The molecule has 6 rings (SSSR count). The molecule has 2 saturated heterocycles. The van der Waals surface area contributed by atoms with Crippen LogP contribution in [0.1, 0.15) is 58.9 Å². The number of hydrogen-bond donors (Lipinski definition) is 5. The molecule has 4 aromatic rings. The SMILES string of the molecule is CCC(NC(=O)C(C)NC)C(=O)N1CC(F)CC1Cc1c(-c2nc3cc(F)ccc3n2CC2CC(P)CN2C(=O)C(CC)NC(=O)C(C)NC)[nH]c2cc(F)ccc12. The van der Waals surface area contributed by atoms with Gasteiger partial charge in [-0.15, -0.1) is 9.24 Å². The number of rotatable bonds is 15. The summed E-state index contributed by atoms with van der Waals surface area (Å²) in [7, 11) is 6.12. The molecule has 2 aliphatic rings. The molecule has 9 unspecified atom stereocenters. The molecule has 58 heavy (non-hydrogen) atoms. The second-order valence-corrected chi connectivity index (χ2v) is 16.6. The van der Waals surface area contributed by atoms with Gasteiger partial charge >= 0.3 is 0 Å². The van der Waals surface area contributed by atoms with Crippen LogP contribution < -0.4 is 21.3 Å². The van der Waals surface area contributed by atoms with Gasteiger partial charge in [0.2, 0.25) is 23.6 Å². The van der Waals surface area contributed by atoms with Crippen LogP contribution in [-0.2, 0) is 32.1 Å². The number of nitrogens with zero attached hydrogens (tertiary/aromatic N) is 4. The summed E-state index contributed by atoms with van der Waals surface area (Å²) in [4.78, 5) is 65.3. The number of H-pyrrole nitrogens is 1. The highest BCUT2D eigenvalue weighted by molar-refractivity contribution is 7.17. The normalized spacial score (nSPS) is 21.7. The van der Waals surface area contributed by atoms with Crippen LogP contribution in [0.4, 0.5) is 13.2 Å². The van der Waals surface area contributed by atoms with E-state index in [9.17, 15) is 28.0 Å². The maximum absolute atomic E-state index is 15.4. The Bertz CT molecular complexity index is 2010. The van der Waals surface area contributed by atoms with Crippen LogP contribution in [0.15, 0.2) is 36.4 Å². The Morgan fingerprint density at radius 2 is 1.45 bits per heavy atom. The zero-order chi connectivity index (χ0) is 42.0. The maximum atomic E-state index is 15.4. The fourth-order valence-electron chi connectivity index (χ4n) is 8.21. The largest absolute Gasteiger partial charge is 0.352 e. The lowest BCUT2D eigenvalue weighted by molar-refractivity contribution is -0.137. The number of nitrogens with one attached hydrogen (secondary N) is 5. The molecule has 2 aliphatic heterocycles. The van der Waals surface area contributed by atoms with E-state index in [0.717, 1.165) is 0 Å². The zero-order valence-electron chi connectivity index (χ0n) is 33.9. The van der Waals surface area contributed by atoms with Crippen LogP contribution in [0.25, 0.3) is 33.5 Å². The summed E-state index contributed by atoms with van der Waals surface area (Å²) in [6, 6.07) is 5.07. The molecule has 4 heterocycles. The van der Waals surface area contributed by atoms with Gasteiger partial charge in [0.05, 0.1) is 41.4 Å². The van der Waals surface area contributed by atoms with Gasteiger partial charge in [-0.1, -0.05) is 13.8 Å². The lowest BCUT2D eigenvalue weighted by Gasteiger charge is -2.30. The van der Waals surface area contributed by atoms with Crippen molar-refractivity contribution in [1.82, 2.24) is 45.6 Å². The van der Waals surface area contributed by atoms with Crippen molar-refractivity contribution < 1.29 is 32.3 Å². The minimum absolute atomic E-state index is 0.0505. The van der Waals surface area contributed by atoms with E-state index in [4.69, 9.17) is 4.98 Å². The molecule has 0 spiro atoms. The number of imidazole rings is 1. The Labute approximate surface area is 338 Å². The van der Waals surface area contributed by atoms with Crippen molar-refractivity contribution in [3.05, 3.63) is 53.6 Å². The smallest absolute Gasteiger partial charge is 0.245 e. The number of likely N-dealkylation sites (tertiary alicyclic amines) is 2. The van der Waals surface area contributed by atoms with E-state index in [0.29, 0.717) is 64.8 Å². The van der Waals surface area contributed by atoms with Crippen molar-refractivity contribution >= 4 is 54.8 Å². The van der Waals surface area contributed by atoms with E-state index < -0.39 is 48.0 Å². The van der Waals surface area contributed by atoms with Gasteiger partial charge in [0.25, 0.3) is 0 Å². The lowest BCUT2D eigenvalue weighted by atomic mass is 9.99. The number of hydrogen-bond acceptors (Lipinski definition) is 7. The first-order chi connectivity index (χ1) is 27.7. The number of carbonyl (C=O) groups excluding carboxylic acids is 4. The maximum Gasteiger partial charge on any atom is 0.245 e. The Morgan fingerprint density at radius 3 is 2.05 bits per heavy atom. The summed E-state index contributed by atoms with van der Waals surface area (Å²) >= 11 is 0. The Morgan fingerprint density at radius 1 is 0.862 bits per heavy atom. The first-order valence-electron chi connectivity index (χ1n) is 20.1. The van der Waals surface area contributed by atoms with Crippen LogP contribution in [-0.4, -0.2) is 123 Å². The van der Waals surface area contributed by atoms with Gasteiger partial charge in [0, 0.05) is 42.5 Å². The number of halogens is 3. The number of carbonyl (C=O) groups is 4. The van der Waals surface area contributed by atoms with Crippen molar-refractivity contribution in [2.45, 2.75) is 114 Å². The molecule has 9 atom stereocenters. The van der Waals surface area contributed by atoms with Crippen molar-refractivity contribution in [3.8, 4) is 11.5 Å². The second kappa shape index (κ2) is 18.2. The zero-order valence-corrected chi connectivity index (χ0v) is 35.0. The van der Waals surface area contributed by atoms with Crippen LogP contribution in [0, 0.1) is 11.6 Å². The van der Waals surface area contributed by atoms with E-state index in [1.165, 1.54) is 29.2 Å². The molecule has 0 saturated carbocycles. The summed E-state index contributed by atoms with van der Waals surface area (Å²) in [5.74, 6) is -1.79. The first kappa shape index (κ1) is 43.1. The average Bonchev–Trinajstić information content (AvgIpc) is 3.96. The fraction of sp³-hybridized carbons (Fsp3) is 0.537. The molecule has 2 aromatic heterocycles. The molecule has 0 aliphatic carbocycles.